The van der Waals surface area contributed by atoms with Crippen LogP contribution in [0, 0.1) is 0 Å². The van der Waals surface area contributed by atoms with Crippen LogP contribution in [0.15, 0.2) is 0 Å². The minimum atomic E-state index is 0. The van der Waals surface area contributed by atoms with Gasteiger partial charge in [-0.05, 0) is 51.4 Å². The quantitative estimate of drug-likeness (QED) is 0.119. The van der Waals surface area contributed by atoms with E-state index in [9.17, 15) is 0 Å². The Morgan fingerprint density at radius 2 is 0.382 bits per heavy atom. The smallest absolute Gasteiger partial charge is 0.324 e. The molecule has 0 radical (unpaired) electrons. The first-order valence-electron chi connectivity index (χ1n) is 16.2. The van der Waals surface area contributed by atoms with E-state index in [1.165, 1.54) is 164 Å². The van der Waals surface area contributed by atoms with Crippen LogP contribution in [0.2, 0.25) is 0 Å². The fourth-order valence-electron chi connectivity index (χ4n) is 5.29. The number of hydrogen-bond acceptors (Lipinski definition) is 0. The summed E-state index contributed by atoms with van der Waals surface area (Å²) in [6.07, 6.45) is 22.1. The van der Waals surface area contributed by atoms with Crippen LogP contribution < -0.4 is 0 Å². The summed E-state index contributed by atoms with van der Waals surface area (Å²) in [5.74, 6) is 0. The van der Waals surface area contributed by atoms with E-state index in [0.29, 0.717) is 0 Å². The Hall–Kier alpha value is -0.0800. The van der Waals surface area contributed by atoms with Gasteiger partial charge in [-0.3, -0.25) is 0 Å². The molecule has 0 N–H and O–H groups in total. The van der Waals surface area contributed by atoms with Crippen molar-refractivity contribution in [3.05, 3.63) is 0 Å². The second-order valence-corrected chi connectivity index (χ2v) is 11.3. The molecule has 2 heteroatoms. The monoisotopic (exact) mass is 487 g/mol. The third kappa shape index (κ3) is 19.1. The van der Waals surface area contributed by atoms with E-state index in [1.54, 1.807) is 0 Å². The van der Waals surface area contributed by atoms with Crippen molar-refractivity contribution in [2.75, 3.05) is 52.4 Å². The van der Waals surface area contributed by atoms with Gasteiger partial charge < -0.3 is 8.97 Å². The molecule has 0 fully saturated rings. The second kappa shape index (κ2) is 26.0. The van der Waals surface area contributed by atoms with E-state index in [4.69, 9.17) is 0 Å². The second-order valence-electron chi connectivity index (χ2n) is 11.3. The van der Waals surface area contributed by atoms with Crippen LogP contribution in [0.4, 0.5) is 0 Å². The average molecular weight is 487 g/mol. The minimum Gasteiger partial charge on any atom is -0.324 e. The molecule has 0 saturated carbocycles. The van der Waals surface area contributed by atoms with Crippen LogP contribution in [0.25, 0.3) is 0 Å². The Bertz CT molecular complexity index is 279. The number of unbranched alkanes of at least 4 members (excludes halogenated alkanes) is 8. The number of hydrogen-bond donors (Lipinski definition) is 0. The fraction of sp³-hybridized carbons (Fsp3) is 1.00. The molecule has 0 amide bonds. The van der Waals surface area contributed by atoms with Crippen molar-refractivity contribution in [2.24, 2.45) is 0 Å². The first-order valence-corrected chi connectivity index (χ1v) is 16.2. The van der Waals surface area contributed by atoms with Crippen LogP contribution >= 0.6 is 0 Å². The molecule has 0 unspecified atom stereocenters. The van der Waals surface area contributed by atoms with Crippen LogP contribution in [-0.2, 0) is 0 Å². The molecule has 34 heavy (non-hydrogen) atoms. The van der Waals surface area contributed by atoms with Crippen molar-refractivity contribution in [2.45, 2.75) is 158 Å². The largest absolute Gasteiger partial charge is 1.00 e. The highest BCUT2D eigenvalue weighted by Crippen LogP contribution is 2.17. The van der Waals surface area contributed by atoms with E-state index in [0.717, 1.165) is 0 Å². The molecule has 0 spiro atoms. The Kier molecular flexibility index (Phi) is 27.6. The highest BCUT2D eigenvalue weighted by molar-refractivity contribution is 4.50. The van der Waals surface area contributed by atoms with Gasteiger partial charge in [-0.15, -0.1) is 0 Å². The predicted molar refractivity (Wildman–Crippen MR) is 161 cm³/mol. The molecule has 0 aromatic carbocycles. The Morgan fingerprint density at radius 3 is 0.471 bits per heavy atom. The lowest BCUT2D eigenvalue weighted by Crippen LogP contribution is -2.50. The topological polar surface area (TPSA) is 0 Å². The molecule has 0 aliphatic heterocycles. The zero-order valence-electron chi connectivity index (χ0n) is 27.9. The van der Waals surface area contributed by atoms with Gasteiger partial charge in [0.25, 0.3) is 0 Å². The summed E-state index contributed by atoms with van der Waals surface area (Å²) in [7, 11) is 0. The van der Waals surface area contributed by atoms with Gasteiger partial charge >= 0.3 is 2.85 Å². The minimum absolute atomic E-state index is 0. The van der Waals surface area contributed by atoms with Crippen molar-refractivity contribution in [3.63, 3.8) is 0 Å². The van der Waals surface area contributed by atoms with Gasteiger partial charge in [0.15, 0.2) is 0 Å². The molecule has 0 bridgehead atoms. The number of nitrogens with zero attached hydrogens (tertiary/aromatic N) is 2. The summed E-state index contributed by atoms with van der Waals surface area (Å²) >= 11 is 0. The lowest BCUT2D eigenvalue weighted by atomic mass is 10.1. The van der Waals surface area contributed by atoms with Crippen molar-refractivity contribution in [3.8, 4) is 0 Å². The molecule has 2 nitrogen and oxygen atoms in total. The summed E-state index contributed by atoms with van der Waals surface area (Å²) < 4.78 is 2.84. The van der Waals surface area contributed by atoms with Crippen molar-refractivity contribution in [1.82, 2.24) is 0 Å². The lowest BCUT2D eigenvalue weighted by molar-refractivity contribution is -0.929. The normalized spacial score (nSPS) is 12.0. The summed E-state index contributed by atoms with van der Waals surface area (Å²) in [5.41, 5.74) is 0. The molecule has 208 valence electrons. The van der Waals surface area contributed by atoms with E-state index in [-0.39, 0.29) is 2.85 Å². The van der Waals surface area contributed by atoms with E-state index in [1.807, 2.05) is 0 Å². The first kappa shape index (κ1) is 36.1. The molecule has 0 aliphatic rings. The maximum absolute atomic E-state index is 2.33. The van der Waals surface area contributed by atoms with E-state index in [2.05, 4.69) is 55.4 Å². The van der Waals surface area contributed by atoms with Crippen molar-refractivity contribution in [1.29, 1.82) is 0 Å². The third-order valence-corrected chi connectivity index (χ3v) is 7.89. The number of rotatable bonds is 24. The van der Waals surface area contributed by atoms with Crippen LogP contribution in [0.3, 0.4) is 0 Å². The highest BCUT2D eigenvalue weighted by Gasteiger charge is 2.25. The average Bonchev–Trinajstić information content (AvgIpc) is 2.87. The van der Waals surface area contributed by atoms with Gasteiger partial charge in [0.05, 0.1) is 52.4 Å². The first-order chi connectivity index (χ1) is 16.5. The summed E-state index contributed by atoms with van der Waals surface area (Å²) in [6.45, 7) is 30.0. The molecule has 0 heterocycles. The van der Waals surface area contributed by atoms with Crippen molar-refractivity contribution >= 4 is 0 Å². The highest BCUT2D eigenvalue weighted by atomic mass is 15.4. The standard InChI is InChI=1S/2C16H36N/c2*1-5-9-13-17(14-10-6-2,15-11-7-3)16-12-8-4/h2*5-16H2,1-4H3/q2*+1/p+2. The molecular formula is C32H74N2+4. The number of quaternary nitrogens is 2. The Morgan fingerprint density at radius 1 is 0.265 bits per heavy atom. The zero-order chi connectivity index (χ0) is 26.0. The molecule has 0 aromatic rings. The van der Waals surface area contributed by atoms with Gasteiger partial charge in [0.1, 0.15) is 0 Å². The van der Waals surface area contributed by atoms with Gasteiger partial charge in [0.2, 0.25) is 0 Å². The summed E-state index contributed by atoms with van der Waals surface area (Å²) in [5, 5.41) is 0. The van der Waals surface area contributed by atoms with Gasteiger partial charge in [-0.25, -0.2) is 0 Å². The molecule has 0 aliphatic carbocycles. The van der Waals surface area contributed by atoms with E-state index >= 15 is 0 Å². The fourth-order valence-corrected chi connectivity index (χ4v) is 5.29. The predicted octanol–water partition coefficient (Wildman–Crippen LogP) is 10.2. The summed E-state index contributed by atoms with van der Waals surface area (Å²) in [6, 6.07) is 0. The van der Waals surface area contributed by atoms with Crippen LogP contribution in [-0.4, -0.2) is 61.3 Å². The molecule has 0 aromatic heterocycles. The SMILES string of the molecule is CCCC[N+](CCCC)(CCCC)CCCC.CCCC[N+](CCCC)(CCCC)CCCC.[H+].[H+]. The van der Waals surface area contributed by atoms with Gasteiger partial charge in [0, 0.05) is 0 Å². The maximum atomic E-state index is 2.33. The maximum Gasteiger partial charge on any atom is 1.00 e. The molecule has 0 atom stereocenters. The zero-order valence-corrected chi connectivity index (χ0v) is 25.9. The third-order valence-electron chi connectivity index (χ3n) is 7.89. The Balaban J connectivity index is -0.000000269. The van der Waals surface area contributed by atoms with E-state index < -0.39 is 0 Å². The molecular weight excluding hydrogens is 412 g/mol. The van der Waals surface area contributed by atoms with Crippen LogP contribution in [0.1, 0.15) is 161 Å². The Labute approximate surface area is 222 Å². The van der Waals surface area contributed by atoms with Gasteiger partial charge in [-0.1, -0.05) is 107 Å². The molecule has 0 saturated heterocycles. The van der Waals surface area contributed by atoms with Gasteiger partial charge in [-0.2, -0.15) is 0 Å². The summed E-state index contributed by atoms with van der Waals surface area (Å²) in [4.78, 5) is 0. The van der Waals surface area contributed by atoms with Crippen molar-refractivity contribution < 1.29 is 11.8 Å². The lowest BCUT2D eigenvalue weighted by Gasteiger charge is -2.39. The molecule has 0 rings (SSSR count). The van der Waals surface area contributed by atoms with Crippen LogP contribution in [0.5, 0.6) is 0 Å².